The van der Waals surface area contributed by atoms with Crippen molar-refractivity contribution in [2.24, 2.45) is 5.92 Å². The molecule has 1 fully saturated rings. The average molecular weight is 184 g/mol. The Hall–Kier alpha value is -0.570. The molecule has 1 N–H and O–H groups in total. The van der Waals surface area contributed by atoms with Crippen molar-refractivity contribution >= 4 is 5.91 Å². The van der Waals surface area contributed by atoms with Gasteiger partial charge in [0.1, 0.15) is 0 Å². The molecule has 3 nitrogen and oxygen atoms in total. The number of rotatable bonds is 2. The molecule has 3 heteroatoms. The van der Waals surface area contributed by atoms with E-state index in [0.29, 0.717) is 5.91 Å². The van der Waals surface area contributed by atoms with E-state index >= 15 is 0 Å². The van der Waals surface area contributed by atoms with Crippen molar-refractivity contribution in [3.63, 3.8) is 0 Å². The molecule has 1 heterocycles. The van der Waals surface area contributed by atoms with Gasteiger partial charge in [-0.15, -0.1) is 0 Å². The maximum Gasteiger partial charge on any atom is 0.225 e. The largest absolute Gasteiger partial charge is 0.341 e. The van der Waals surface area contributed by atoms with Gasteiger partial charge >= 0.3 is 0 Å². The molecule has 1 amide bonds. The molecule has 0 saturated carbocycles. The van der Waals surface area contributed by atoms with E-state index in [0.717, 1.165) is 39.0 Å². The molecule has 0 aromatic heterocycles. The molecule has 1 aliphatic rings. The highest BCUT2D eigenvalue weighted by Gasteiger charge is 2.19. The van der Waals surface area contributed by atoms with Gasteiger partial charge in [0, 0.05) is 25.6 Å². The van der Waals surface area contributed by atoms with Gasteiger partial charge in [0.25, 0.3) is 0 Å². The second-order valence-electron chi connectivity index (χ2n) is 3.74. The van der Waals surface area contributed by atoms with Crippen molar-refractivity contribution in [2.75, 3.05) is 26.2 Å². The molecular weight excluding hydrogens is 164 g/mol. The fourth-order valence-electron chi connectivity index (χ4n) is 1.55. The average Bonchev–Trinajstić information content (AvgIpc) is 2.43. The van der Waals surface area contributed by atoms with E-state index in [1.807, 2.05) is 11.8 Å². The minimum Gasteiger partial charge on any atom is -0.341 e. The van der Waals surface area contributed by atoms with Gasteiger partial charge in [-0.3, -0.25) is 4.79 Å². The molecule has 1 saturated heterocycles. The Morgan fingerprint density at radius 1 is 1.46 bits per heavy atom. The van der Waals surface area contributed by atoms with Crippen molar-refractivity contribution in [2.45, 2.75) is 26.7 Å². The number of hydrogen-bond acceptors (Lipinski definition) is 2. The first-order chi connectivity index (χ1) is 6.25. The molecule has 0 spiro atoms. The lowest BCUT2D eigenvalue weighted by Crippen LogP contribution is -2.37. The quantitative estimate of drug-likeness (QED) is 0.690. The van der Waals surface area contributed by atoms with E-state index < -0.39 is 0 Å². The maximum absolute atomic E-state index is 11.8. The summed E-state index contributed by atoms with van der Waals surface area (Å²) < 4.78 is 0. The van der Waals surface area contributed by atoms with Crippen molar-refractivity contribution in [1.29, 1.82) is 0 Å². The van der Waals surface area contributed by atoms with Crippen LogP contribution in [-0.4, -0.2) is 37.0 Å². The summed E-state index contributed by atoms with van der Waals surface area (Å²) in [5.41, 5.74) is 0. The Kier molecular flexibility index (Phi) is 4.22. The fraction of sp³-hybridized carbons (Fsp3) is 0.900. The van der Waals surface area contributed by atoms with Gasteiger partial charge in [0.15, 0.2) is 0 Å². The van der Waals surface area contributed by atoms with Gasteiger partial charge in [-0.05, 0) is 19.4 Å². The van der Waals surface area contributed by atoms with Crippen molar-refractivity contribution < 1.29 is 4.79 Å². The molecule has 13 heavy (non-hydrogen) atoms. The van der Waals surface area contributed by atoms with Crippen LogP contribution in [0.25, 0.3) is 0 Å². The highest BCUT2D eigenvalue weighted by Crippen LogP contribution is 2.07. The summed E-state index contributed by atoms with van der Waals surface area (Å²) in [6.07, 6.45) is 2.03. The summed E-state index contributed by atoms with van der Waals surface area (Å²) in [5, 5.41) is 3.30. The lowest BCUT2D eigenvalue weighted by atomic mass is 10.1. The lowest BCUT2D eigenvalue weighted by Gasteiger charge is -2.23. The Morgan fingerprint density at radius 3 is 2.92 bits per heavy atom. The van der Waals surface area contributed by atoms with Crippen LogP contribution in [0.4, 0.5) is 0 Å². The van der Waals surface area contributed by atoms with E-state index in [4.69, 9.17) is 0 Å². The molecule has 1 aliphatic heterocycles. The monoisotopic (exact) mass is 184 g/mol. The van der Waals surface area contributed by atoms with Crippen LogP contribution in [-0.2, 0) is 4.79 Å². The summed E-state index contributed by atoms with van der Waals surface area (Å²) in [6.45, 7) is 7.88. The lowest BCUT2D eigenvalue weighted by molar-refractivity contribution is -0.134. The zero-order chi connectivity index (χ0) is 9.68. The number of amides is 1. The van der Waals surface area contributed by atoms with Crippen molar-refractivity contribution in [3.8, 4) is 0 Å². The fourth-order valence-corrected chi connectivity index (χ4v) is 1.55. The second kappa shape index (κ2) is 5.22. The molecule has 0 unspecified atom stereocenters. The Morgan fingerprint density at radius 2 is 2.23 bits per heavy atom. The SMILES string of the molecule is CC[C@H](C)C(=O)N1CCCNCC1. The summed E-state index contributed by atoms with van der Waals surface area (Å²) in [7, 11) is 0. The zero-order valence-corrected chi connectivity index (χ0v) is 8.68. The first kappa shape index (κ1) is 10.5. The van der Waals surface area contributed by atoms with Crippen LogP contribution in [0.1, 0.15) is 26.7 Å². The highest BCUT2D eigenvalue weighted by atomic mass is 16.2. The summed E-state index contributed by atoms with van der Waals surface area (Å²) in [6, 6.07) is 0. The van der Waals surface area contributed by atoms with Crippen LogP contribution in [0.3, 0.4) is 0 Å². The first-order valence-electron chi connectivity index (χ1n) is 5.25. The summed E-state index contributed by atoms with van der Waals surface area (Å²) in [5.74, 6) is 0.518. The van der Waals surface area contributed by atoms with Crippen LogP contribution >= 0.6 is 0 Å². The maximum atomic E-state index is 11.8. The zero-order valence-electron chi connectivity index (χ0n) is 8.68. The molecule has 0 aliphatic carbocycles. The molecule has 0 radical (unpaired) electrons. The van der Waals surface area contributed by atoms with Gasteiger partial charge < -0.3 is 10.2 Å². The molecule has 1 atom stereocenters. The van der Waals surface area contributed by atoms with Crippen LogP contribution in [0.5, 0.6) is 0 Å². The first-order valence-corrected chi connectivity index (χ1v) is 5.25. The van der Waals surface area contributed by atoms with Crippen LogP contribution in [0.15, 0.2) is 0 Å². The number of carbonyl (C=O) groups is 1. The van der Waals surface area contributed by atoms with E-state index in [-0.39, 0.29) is 5.92 Å². The topological polar surface area (TPSA) is 32.3 Å². The van der Waals surface area contributed by atoms with E-state index in [2.05, 4.69) is 12.2 Å². The van der Waals surface area contributed by atoms with Crippen LogP contribution in [0.2, 0.25) is 0 Å². The molecule has 1 rings (SSSR count). The van der Waals surface area contributed by atoms with Gasteiger partial charge in [-0.1, -0.05) is 13.8 Å². The summed E-state index contributed by atoms with van der Waals surface area (Å²) >= 11 is 0. The Labute approximate surface area is 80.5 Å². The number of carbonyl (C=O) groups excluding carboxylic acids is 1. The third-order valence-electron chi connectivity index (χ3n) is 2.69. The van der Waals surface area contributed by atoms with Gasteiger partial charge in [-0.25, -0.2) is 0 Å². The molecule has 0 aromatic carbocycles. The van der Waals surface area contributed by atoms with E-state index in [1.165, 1.54) is 0 Å². The van der Waals surface area contributed by atoms with Gasteiger partial charge in [0.05, 0.1) is 0 Å². The normalized spacial score (nSPS) is 20.9. The Balaban J connectivity index is 2.43. The predicted molar refractivity (Wildman–Crippen MR) is 53.5 cm³/mol. The third-order valence-corrected chi connectivity index (χ3v) is 2.69. The van der Waals surface area contributed by atoms with Crippen molar-refractivity contribution in [3.05, 3.63) is 0 Å². The number of nitrogens with zero attached hydrogens (tertiary/aromatic N) is 1. The van der Waals surface area contributed by atoms with E-state index in [9.17, 15) is 4.79 Å². The predicted octanol–water partition coefficient (Wildman–Crippen LogP) is 0.854. The number of hydrogen-bond donors (Lipinski definition) is 1. The molecule has 0 aromatic rings. The smallest absolute Gasteiger partial charge is 0.225 e. The second-order valence-corrected chi connectivity index (χ2v) is 3.74. The van der Waals surface area contributed by atoms with Crippen LogP contribution < -0.4 is 5.32 Å². The number of nitrogens with one attached hydrogen (secondary N) is 1. The standard InChI is InChI=1S/C10H20N2O/c1-3-9(2)10(13)12-7-4-5-11-6-8-12/h9,11H,3-8H2,1-2H3/t9-/m0/s1. The molecule has 0 bridgehead atoms. The molecule has 76 valence electrons. The highest BCUT2D eigenvalue weighted by molar-refractivity contribution is 5.78. The molecular formula is C10H20N2O. The van der Waals surface area contributed by atoms with Gasteiger partial charge in [0.2, 0.25) is 5.91 Å². The van der Waals surface area contributed by atoms with Crippen molar-refractivity contribution in [1.82, 2.24) is 10.2 Å². The summed E-state index contributed by atoms with van der Waals surface area (Å²) in [4.78, 5) is 13.8. The third kappa shape index (κ3) is 2.99. The van der Waals surface area contributed by atoms with Crippen LogP contribution in [0, 0.1) is 5.92 Å². The van der Waals surface area contributed by atoms with Gasteiger partial charge in [-0.2, -0.15) is 0 Å². The minimum absolute atomic E-state index is 0.193. The Bertz CT molecular complexity index is 162. The van der Waals surface area contributed by atoms with E-state index in [1.54, 1.807) is 0 Å². The minimum atomic E-state index is 0.193.